The summed E-state index contributed by atoms with van der Waals surface area (Å²) in [5.41, 5.74) is 4.06. The standard InChI is InChI=1S/C19H18N2O4/c1-10-4-5-11(2)17(12(10)3)25-9-16(22)20-13-6-7-14-15(8-13)19(24)21-18(14)23/h4-8H,9H2,1-3H3,(H,20,22)(H,21,23,24). The average molecular weight is 338 g/mol. The van der Waals surface area contributed by atoms with E-state index in [1.807, 2.05) is 32.9 Å². The van der Waals surface area contributed by atoms with Crippen LogP contribution in [-0.2, 0) is 4.79 Å². The molecule has 0 saturated carbocycles. The normalized spacial score (nSPS) is 12.6. The summed E-state index contributed by atoms with van der Waals surface area (Å²) in [5, 5.41) is 4.89. The van der Waals surface area contributed by atoms with Crippen molar-refractivity contribution >= 4 is 23.4 Å². The van der Waals surface area contributed by atoms with Crippen LogP contribution in [0.4, 0.5) is 5.69 Å². The first kappa shape index (κ1) is 16.7. The molecule has 0 fully saturated rings. The van der Waals surface area contributed by atoms with Crippen LogP contribution in [0.25, 0.3) is 0 Å². The van der Waals surface area contributed by atoms with Gasteiger partial charge in [0.2, 0.25) is 0 Å². The Morgan fingerprint density at radius 3 is 2.44 bits per heavy atom. The average Bonchev–Trinajstić information content (AvgIpc) is 2.85. The number of hydrogen-bond acceptors (Lipinski definition) is 4. The molecule has 2 aromatic rings. The zero-order valence-electron chi connectivity index (χ0n) is 14.2. The van der Waals surface area contributed by atoms with Crippen molar-refractivity contribution in [2.24, 2.45) is 0 Å². The van der Waals surface area contributed by atoms with E-state index in [1.165, 1.54) is 12.1 Å². The van der Waals surface area contributed by atoms with E-state index in [4.69, 9.17) is 4.74 Å². The lowest BCUT2D eigenvalue weighted by molar-refractivity contribution is -0.118. The second kappa shape index (κ2) is 6.39. The van der Waals surface area contributed by atoms with E-state index >= 15 is 0 Å². The van der Waals surface area contributed by atoms with E-state index in [-0.39, 0.29) is 18.1 Å². The zero-order valence-corrected chi connectivity index (χ0v) is 14.2. The number of benzene rings is 2. The van der Waals surface area contributed by atoms with Crippen LogP contribution >= 0.6 is 0 Å². The molecule has 25 heavy (non-hydrogen) atoms. The van der Waals surface area contributed by atoms with E-state index in [1.54, 1.807) is 6.07 Å². The van der Waals surface area contributed by atoms with Gasteiger partial charge in [0.15, 0.2) is 6.61 Å². The third-order valence-corrected chi connectivity index (χ3v) is 4.24. The minimum Gasteiger partial charge on any atom is -0.483 e. The van der Waals surface area contributed by atoms with Gasteiger partial charge in [-0.1, -0.05) is 12.1 Å². The van der Waals surface area contributed by atoms with Crippen LogP contribution in [0.1, 0.15) is 37.4 Å². The number of hydrogen-bond donors (Lipinski definition) is 2. The first-order chi connectivity index (χ1) is 11.9. The first-order valence-electron chi connectivity index (χ1n) is 7.86. The highest BCUT2D eigenvalue weighted by atomic mass is 16.5. The Kier molecular flexibility index (Phi) is 4.27. The number of aryl methyl sites for hydroxylation is 2. The minimum atomic E-state index is -0.460. The fourth-order valence-electron chi connectivity index (χ4n) is 2.73. The van der Waals surface area contributed by atoms with Crippen molar-refractivity contribution in [3.05, 3.63) is 58.1 Å². The van der Waals surface area contributed by atoms with Crippen molar-refractivity contribution in [2.75, 3.05) is 11.9 Å². The lowest BCUT2D eigenvalue weighted by Crippen LogP contribution is -2.21. The number of fused-ring (bicyclic) bond motifs is 1. The second-order valence-corrected chi connectivity index (χ2v) is 6.03. The van der Waals surface area contributed by atoms with Crippen molar-refractivity contribution in [3.63, 3.8) is 0 Å². The van der Waals surface area contributed by atoms with Gasteiger partial charge in [-0.15, -0.1) is 0 Å². The summed E-state index contributed by atoms with van der Waals surface area (Å²) in [5.74, 6) is -0.524. The number of carbonyl (C=O) groups excluding carboxylic acids is 3. The highest BCUT2D eigenvalue weighted by Crippen LogP contribution is 2.26. The Morgan fingerprint density at radius 2 is 1.68 bits per heavy atom. The summed E-state index contributed by atoms with van der Waals surface area (Å²) in [4.78, 5) is 35.3. The molecule has 0 aliphatic carbocycles. The molecule has 0 spiro atoms. The van der Waals surface area contributed by atoms with Crippen LogP contribution in [0.15, 0.2) is 30.3 Å². The lowest BCUT2D eigenvalue weighted by atomic mass is 10.1. The number of amides is 3. The largest absolute Gasteiger partial charge is 0.483 e. The molecular formula is C19H18N2O4. The summed E-state index contributed by atoms with van der Waals surface area (Å²) in [7, 11) is 0. The molecule has 1 aliphatic rings. The molecule has 128 valence electrons. The molecule has 6 heteroatoms. The maximum absolute atomic E-state index is 12.1. The monoisotopic (exact) mass is 338 g/mol. The van der Waals surface area contributed by atoms with Gasteiger partial charge in [-0.3, -0.25) is 19.7 Å². The Bertz CT molecular complexity index is 903. The molecule has 1 heterocycles. The Labute approximate surface area is 145 Å². The van der Waals surface area contributed by atoms with Crippen LogP contribution in [0.2, 0.25) is 0 Å². The minimum absolute atomic E-state index is 0.145. The molecule has 0 atom stereocenters. The predicted octanol–water partition coefficient (Wildman–Crippen LogP) is 2.51. The van der Waals surface area contributed by atoms with E-state index in [0.29, 0.717) is 17.0 Å². The molecule has 6 nitrogen and oxygen atoms in total. The molecule has 0 aromatic heterocycles. The molecule has 3 amide bonds. The SMILES string of the molecule is Cc1ccc(C)c(OCC(=O)Nc2ccc3c(c2)C(=O)NC3=O)c1C. The fourth-order valence-corrected chi connectivity index (χ4v) is 2.73. The Balaban J connectivity index is 1.68. The first-order valence-corrected chi connectivity index (χ1v) is 7.86. The second-order valence-electron chi connectivity index (χ2n) is 6.03. The molecule has 0 bridgehead atoms. The predicted molar refractivity (Wildman–Crippen MR) is 93.0 cm³/mol. The van der Waals surface area contributed by atoms with Gasteiger partial charge in [0.1, 0.15) is 5.75 Å². The molecule has 0 unspecified atom stereocenters. The number of imide groups is 1. The van der Waals surface area contributed by atoms with Gasteiger partial charge in [0, 0.05) is 5.69 Å². The lowest BCUT2D eigenvalue weighted by Gasteiger charge is -2.14. The van der Waals surface area contributed by atoms with E-state index in [9.17, 15) is 14.4 Å². The molecule has 3 rings (SSSR count). The maximum atomic E-state index is 12.1. The van der Waals surface area contributed by atoms with Crippen molar-refractivity contribution < 1.29 is 19.1 Å². The Hall–Kier alpha value is -3.15. The van der Waals surface area contributed by atoms with Gasteiger partial charge in [-0.2, -0.15) is 0 Å². The smallest absolute Gasteiger partial charge is 0.262 e. The summed E-state index contributed by atoms with van der Waals surface area (Å²) < 4.78 is 5.67. The fraction of sp³-hybridized carbons (Fsp3) is 0.211. The van der Waals surface area contributed by atoms with Crippen molar-refractivity contribution in [1.82, 2.24) is 5.32 Å². The number of carbonyl (C=O) groups is 3. The molecule has 0 saturated heterocycles. The maximum Gasteiger partial charge on any atom is 0.262 e. The van der Waals surface area contributed by atoms with Gasteiger partial charge in [-0.25, -0.2) is 0 Å². The van der Waals surface area contributed by atoms with Gasteiger partial charge in [0.25, 0.3) is 17.7 Å². The number of nitrogens with one attached hydrogen (secondary N) is 2. The molecule has 2 aromatic carbocycles. The van der Waals surface area contributed by atoms with E-state index in [0.717, 1.165) is 16.7 Å². The van der Waals surface area contributed by atoms with E-state index in [2.05, 4.69) is 10.6 Å². The molecule has 1 aliphatic heterocycles. The third kappa shape index (κ3) is 3.24. The van der Waals surface area contributed by atoms with Gasteiger partial charge in [-0.05, 0) is 55.7 Å². The van der Waals surface area contributed by atoms with Gasteiger partial charge >= 0.3 is 0 Å². The number of ether oxygens (including phenoxy) is 1. The molecular weight excluding hydrogens is 320 g/mol. The Morgan fingerprint density at radius 1 is 1.00 bits per heavy atom. The van der Waals surface area contributed by atoms with Crippen molar-refractivity contribution in [1.29, 1.82) is 0 Å². The summed E-state index contributed by atoms with van der Waals surface area (Å²) in [6.45, 7) is 5.72. The number of rotatable bonds is 4. The molecule has 0 radical (unpaired) electrons. The highest BCUT2D eigenvalue weighted by Gasteiger charge is 2.26. The molecule has 2 N–H and O–H groups in total. The summed E-state index contributed by atoms with van der Waals surface area (Å²) in [6.07, 6.45) is 0. The van der Waals surface area contributed by atoms with Gasteiger partial charge in [0.05, 0.1) is 11.1 Å². The highest BCUT2D eigenvalue weighted by molar-refractivity contribution is 6.22. The quantitative estimate of drug-likeness (QED) is 0.839. The van der Waals surface area contributed by atoms with Crippen LogP contribution in [0.5, 0.6) is 5.75 Å². The van der Waals surface area contributed by atoms with Gasteiger partial charge < -0.3 is 10.1 Å². The van der Waals surface area contributed by atoms with Crippen LogP contribution in [0, 0.1) is 20.8 Å². The van der Waals surface area contributed by atoms with E-state index < -0.39 is 11.8 Å². The number of anilines is 1. The van der Waals surface area contributed by atoms with Crippen LogP contribution in [0.3, 0.4) is 0 Å². The van der Waals surface area contributed by atoms with Crippen molar-refractivity contribution in [2.45, 2.75) is 20.8 Å². The van der Waals surface area contributed by atoms with Crippen LogP contribution < -0.4 is 15.4 Å². The van der Waals surface area contributed by atoms with Crippen molar-refractivity contribution in [3.8, 4) is 5.75 Å². The van der Waals surface area contributed by atoms with Crippen LogP contribution in [-0.4, -0.2) is 24.3 Å². The topological polar surface area (TPSA) is 84.5 Å². The summed E-state index contributed by atoms with van der Waals surface area (Å²) in [6, 6.07) is 8.54. The third-order valence-electron chi connectivity index (χ3n) is 4.24. The summed E-state index contributed by atoms with van der Waals surface area (Å²) >= 11 is 0. The zero-order chi connectivity index (χ0) is 18.1.